The largest absolute Gasteiger partial charge is 0.493 e. The van der Waals surface area contributed by atoms with E-state index >= 15 is 0 Å². The van der Waals surface area contributed by atoms with Gasteiger partial charge in [-0.1, -0.05) is 25.7 Å². The van der Waals surface area contributed by atoms with Crippen LogP contribution in [0.2, 0.25) is 0 Å². The first-order chi connectivity index (χ1) is 20.3. The van der Waals surface area contributed by atoms with Crippen LogP contribution in [0.3, 0.4) is 0 Å². The maximum absolute atomic E-state index is 14.2. The van der Waals surface area contributed by atoms with Crippen LogP contribution in [-0.2, 0) is 9.59 Å². The highest BCUT2D eigenvalue weighted by molar-refractivity contribution is 14.1. The van der Waals surface area contributed by atoms with Gasteiger partial charge in [0.05, 0.1) is 23.3 Å². The number of carbonyl (C=O) groups is 3. The molecule has 2 bridgehead atoms. The number of ether oxygens (including phenoxy) is 2. The molecule has 4 aliphatic carbocycles. The Morgan fingerprint density at radius 3 is 2.57 bits per heavy atom. The fraction of sp³-hybridized carbons (Fsp3) is 0.656. The van der Waals surface area contributed by atoms with Gasteiger partial charge in [-0.15, -0.1) is 0 Å². The predicted molar refractivity (Wildman–Crippen MR) is 165 cm³/mol. The normalized spacial score (nSPS) is 29.1. The lowest BCUT2D eigenvalue weighted by Crippen LogP contribution is -2.58. The van der Waals surface area contributed by atoms with Gasteiger partial charge in [-0.05, 0) is 90.7 Å². The number of benzene rings is 1. The lowest BCUT2D eigenvalue weighted by Gasteiger charge is -2.45. The summed E-state index contributed by atoms with van der Waals surface area (Å²) in [7, 11) is 1.48. The van der Waals surface area contributed by atoms with E-state index in [4.69, 9.17) is 9.47 Å². The number of nitrogens with one attached hydrogen (secondary N) is 1. The number of aldehydes is 1. The van der Waals surface area contributed by atoms with E-state index in [0.29, 0.717) is 44.5 Å². The summed E-state index contributed by atoms with van der Waals surface area (Å²) < 4.78 is 12.5. The van der Waals surface area contributed by atoms with E-state index < -0.39 is 18.2 Å². The molecular weight excluding hydrogens is 651 g/mol. The van der Waals surface area contributed by atoms with Crippen LogP contribution in [0.5, 0.6) is 11.5 Å². The van der Waals surface area contributed by atoms with E-state index in [9.17, 15) is 24.6 Å². The van der Waals surface area contributed by atoms with Crippen LogP contribution >= 0.6 is 22.6 Å². The zero-order valence-electron chi connectivity index (χ0n) is 24.3. The Balaban J connectivity index is 1.47. The summed E-state index contributed by atoms with van der Waals surface area (Å²) in [6, 6.07) is 2.61. The molecule has 0 radical (unpaired) electrons. The van der Waals surface area contributed by atoms with Crippen LogP contribution < -0.4 is 14.8 Å². The molecule has 3 saturated carbocycles. The minimum absolute atomic E-state index is 0.00606. The van der Waals surface area contributed by atoms with Crippen LogP contribution in [0.15, 0.2) is 23.8 Å². The van der Waals surface area contributed by atoms with Gasteiger partial charge < -0.3 is 29.9 Å². The third-order valence-electron chi connectivity index (χ3n) is 9.79. The first-order valence-corrected chi connectivity index (χ1v) is 16.5. The number of nitrogens with zero attached hydrogens (tertiary/aromatic N) is 1. The van der Waals surface area contributed by atoms with Crippen LogP contribution in [0.25, 0.3) is 0 Å². The van der Waals surface area contributed by atoms with Gasteiger partial charge in [0.15, 0.2) is 11.5 Å². The van der Waals surface area contributed by atoms with E-state index in [2.05, 4.69) is 27.9 Å². The lowest BCUT2D eigenvalue weighted by atomic mass is 9.83. The van der Waals surface area contributed by atoms with Gasteiger partial charge in [-0.2, -0.15) is 0 Å². The van der Waals surface area contributed by atoms with E-state index in [0.717, 1.165) is 50.7 Å². The minimum Gasteiger partial charge on any atom is -0.493 e. The Hall–Kier alpha value is -2.18. The molecule has 230 valence electrons. The Kier molecular flexibility index (Phi) is 10.5. The Morgan fingerprint density at radius 1 is 1.14 bits per heavy atom. The average Bonchev–Trinajstić information content (AvgIpc) is 3.62. The van der Waals surface area contributed by atoms with Crippen molar-refractivity contribution in [2.45, 2.75) is 94.9 Å². The number of methoxy groups -OCH3 is 1. The van der Waals surface area contributed by atoms with Crippen LogP contribution in [-0.4, -0.2) is 77.8 Å². The first kappa shape index (κ1) is 31.3. The third kappa shape index (κ3) is 6.80. The summed E-state index contributed by atoms with van der Waals surface area (Å²) in [4.78, 5) is 40.8. The second kappa shape index (κ2) is 14.1. The highest BCUT2D eigenvalue weighted by Crippen LogP contribution is 2.50. The fourth-order valence-corrected chi connectivity index (χ4v) is 8.53. The van der Waals surface area contributed by atoms with Gasteiger partial charge >= 0.3 is 0 Å². The maximum atomic E-state index is 14.2. The van der Waals surface area contributed by atoms with E-state index in [1.165, 1.54) is 26.4 Å². The molecule has 2 amide bonds. The van der Waals surface area contributed by atoms with E-state index in [1.54, 1.807) is 18.2 Å². The zero-order valence-corrected chi connectivity index (χ0v) is 26.5. The molecule has 0 heterocycles. The second-order valence-electron chi connectivity index (χ2n) is 12.4. The molecule has 3 fully saturated rings. The standard InChI is InChI=1S/C32H43IN2O7/c1-41-28-14-20(18-37)13-25(33)31(28)42-27-16-23(32(40)34-9-10-36)15-26(30(27)39)35(24-5-3-2-4-6-24)29(38)17-22-12-19-7-8-21(22)11-19/h13-14,16,18-19,21-22,24,26-27,30,36,39H,2-12,15,17H2,1H3,(H,34,40)/t19?,21?,22?,26-,27+,30+/m1/s1. The molecular formula is C32H43IN2O7. The number of hydrogen-bond donors (Lipinski definition) is 3. The summed E-state index contributed by atoms with van der Waals surface area (Å²) in [5, 5.41) is 23.9. The molecule has 6 atom stereocenters. The van der Waals surface area contributed by atoms with E-state index in [1.807, 2.05) is 4.90 Å². The molecule has 9 nitrogen and oxygen atoms in total. The second-order valence-corrected chi connectivity index (χ2v) is 13.6. The lowest BCUT2D eigenvalue weighted by molar-refractivity contribution is -0.144. The summed E-state index contributed by atoms with van der Waals surface area (Å²) in [6.45, 7) is -0.0942. The molecule has 0 aliphatic heterocycles. The van der Waals surface area contributed by atoms with Crippen LogP contribution in [0, 0.1) is 21.3 Å². The monoisotopic (exact) mass is 694 g/mol. The number of halogens is 1. The number of hydrogen-bond acceptors (Lipinski definition) is 7. The molecule has 42 heavy (non-hydrogen) atoms. The van der Waals surface area contributed by atoms with Crippen molar-refractivity contribution in [3.05, 3.63) is 32.9 Å². The number of rotatable bonds is 11. The molecule has 10 heteroatoms. The van der Waals surface area contributed by atoms with Gasteiger partial charge in [0.2, 0.25) is 11.8 Å². The molecule has 0 saturated heterocycles. The predicted octanol–water partition coefficient (Wildman–Crippen LogP) is 4.02. The first-order valence-electron chi connectivity index (χ1n) is 15.4. The van der Waals surface area contributed by atoms with Crippen molar-refractivity contribution in [3.63, 3.8) is 0 Å². The van der Waals surface area contributed by atoms with Gasteiger partial charge in [-0.25, -0.2) is 0 Å². The van der Waals surface area contributed by atoms with Crippen molar-refractivity contribution >= 4 is 40.7 Å². The number of carbonyl (C=O) groups excluding carboxylic acids is 3. The minimum atomic E-state index is -1.09. The molecule has 3 N–H and O–H groups in total. The zero-order chi connectivity index (χ0) is 29.8. The Bertz CT molecular complexity index is 1180. The maximum Gasteiger partial charge on any atom is 0.247 e. The van der Waals surface area contributed by atoms with Gasteiger partial charge in [0.25, 0.3) is 0 Å². The molecule has 0 aromatic heterocycles. The summed E-state index contributed by atoms with van der Waals surface area (Å²) in [5.41, 5.74) is 0.843. The molecule has 4 aliphatic rings. The smallest absolute Gasteiger partial charge is 0.247 e. The molecule has 3 unspecified atom stereocenters. The van der Waals surface area contributed by atoms with Gasteiger partial charge in [0, 0.05) is 36.6 Å². The van der Waals surface area contributed by atoms with E-state index in [-0.39, 0.29) is 37.4 Å². The van der Waals surface area contributed by atoms with Crippen molar-refractivity contribution in [2.75, 3.05) is 20.3 Å². The van der Waals surface area contributed by atoms with Gasteiger partial charge in [0.1, 0.15) is 18.5 Å². The van der Waals surface area contributed by atoms with Crippen molar-refractivity contribution in [1.82, 2.24) is 10.2 Å². The average molecular weight is 695 g/mol. The highest BCUT2D eigenvalue weighted by Gasteiger charge is 2.46. The van der Waals surface area contributed by atoms with Crippen LogP contribution in [0.1, 0.15) is 81.0 Å². The van der Waals surface area contributed by atoms with Crippen molar-refractivity contribution < 1.29 is 34.1 Å². The quantitative estimate of drug-likeness (QED) is 0.236. The SMILES string of the molecule is COc1cc(C=O)cc(I)c1O[C@H]1C=C(C(=O)NCCO)C[C@@H](N(C(=O)CC2CC3CCC2C3)C2CCCCC2)[C@@H]1O. The molecule has 0 spiro atoms. The number of fused-ring (bicyclic) bond motifs is 2. The van der Waals surface area contributed by atoms with Gasteiger partial charge in [-0.3, -0.25) is 14.4 Å². The highest BCUT2D eigenvalue weighted by atomic mass is 127. The fourth-order valence-electron chi connectivity index (χ4n) is 7.78. The molecule has 1 aromatic carbocycles. The topological polar surface area (TPSA) is 125 Å². The molecule has 5 rings (SSSR count). The Morgan fingerprint density at radius 2 is 1.93 bits per heavy atom. The van der Waals surface area contributed by atoms with Crippen molar-refractivity contribution in [1.29, 1.82) is 0 Å². The number of amides is 2. The summed E-state index contributed by atoms with van der Waals surface area (Å²) in [6.07, 6.45) is 10.8. The van der Waals surface area contributed by atoms with Crippen molar-refractivity contribution in [3.8, 4) is 11.5 Å². The number of aliphatic hydroxyl groups is 2. The Labute approximate surface area is 261 Å². The number of aliphatic hydroxyl groups excluding tert-OH is 2. The van der Waals surface area contributed by atoms with Crippen molar-refractivity contribution in [2.24, 2.45) is 17.8 Å². The summed E-state index contributed by atoms with van der Waals surface area (Å²) >= 11 is 2.06. The third-order valence-corrected chi connectivity index (χ3v) is 10.6. The molecule has 1 aromatic rings. The van der Waals surface area contributed by atoms with Crippen LogP contribution in [0.4, 0.5) is 0 Å². The summed E-state index contributed by atoms with van der Waals surface area (Å²) in [5.74, 6) is 2.16.